The number of thiazole rings is 1. The maximum Gasteiger partial charge on any atom is 0.260 e. The Hall–Kier alpha value is -2.35. The van der Waals surface area contributed by atoms with Crippen molar-refractivity contribution in [1.29, 1.82) is 0 Å². The summed E-state index contributed by atoms with van der Waals surface area (Å²) in [5, 5.41) is 0.544. The Kier molecular flexibility index (Phi) is 6.41. The van der Waals surface area contributed by atoms with Crippen LogP contribution in [0.15, 0.2) is 36.4 Å². The molecule has 0 bridgehead atoms. The monoisotopic (exact) mass is 427 g/mol. The fourth-order valence-corrected chi connectivity index (χ4v) is 4.70. The molecule has 1 amide bonds. The average Bonchev–Trinajstić information content (AvgIpc) is 3.18. The number of nitrogens with zero attached hydrogens (tertiary/aromatic N) is 3. The zero-order chi connectivity index (χ0) is 21.1. The molecule has 0 saturated carbocycles. The second-order valence-electron chi connectivity index (χ2n) is 7.67. The van der Waals surface area contributed by atoms with Crippen molar-refractivity contribution in [3.05, 3.63) is 58.9 Å². The van der Waals surface area contributed by atoms with E-state index in [9.17, 15) is 9.18 Å². The van der Waals surface area contributed by atoms with Gasteiger partial charge in [-0.25, -0.2) is 9.37 Å². The van der Waals surface area contributed by atoms with Gasteiger partial charge in [0.1, 0.15) is 11.3 Å². The van der Waals surface area contributed by atoms with E-state index in [1.165, 1.54) is 17.4 Å². The molecule has 4 rings (SSSR count). The standard InChI is InChI=1S/C23H26FN3O2S/c1-16-7-8-17(2)18(15-16)22(28)27(10-4-9-26-11-13-29-14-12-26)23-25-21-19(24)5-3-6-20(21)30-23/h3,5-8,15H,4,9-14H2,1-2H3. The lowest BCUT2D eigenvalue weighted by Gasteiger charge is -2.28. The van der Waals surface area contributed by atoms with E-state index < -0.39 is 0 Å². The smallest absolute Gasteiger partial charge is 0.260 e. The van der Waals surface area contributed by atoms with Crippen LogP contribution in [0.4, 0.5) is 9.52 Å². The molecular weight excluding hydrogens is 401 g/mol. The van der Waals surface area contributed by atoms with E-state index in [2.05, 4.69) is 9.88 Å². The number of carbonyl (C=O) groups is 1. The van der Waals surface area contributed by atoms with Gasteiger partial charge in [-0.2, -0.15) is 0 Å². The van der Waals surface area contributed by atoms with Gasteiger partial charge in [0.15, 0.2) is 5.13 Å². The van der Waals surface area contributed by atoms with Crippen LogP contribution in [0.2, 0.25) is 0 Å². The Balaban J connectivity index is 1.62. The maximum atomic E-state index is 14.2. The highest BCUT2D eigenvalue weighted by atomic mass is 32.1. The van der Waals surface area contributed by atoms with Gasteiger partial charge < -0.3 is 4.74 Å². The molecule has 0 N–H and O–H groups in total. The summed E-state index contributed by atoms with van der Waals surface area (Å²) in [6.45, 7) is 8.67. The molecule has 5 nitrogen and oxygen atoms in total. The molecule has 3 aromatic rings. The van der Waals surface area contributed by atoms with Crippen molar-refractivity contribution in [2.75, 3.05) is 44.3 Å². The van der Waals surface area contributed by atoms with Crippen molar-refractivity contribution in [2.45, 2.75) is 20.3 Å². The number of aromatic nitrogens is 1. The van der Waals surface area contributed by atoms with Crippen LogP contribution < -0.4 is 4.90 Å². The van der Waals surface area contributed by atoms with Crippen LogP contribution in [0.25, 0.3) is 10.2 Å². The fraction of sp³-hybridized carbons (Fsp3) is 0.391. The number of carbonyl (C=O) groups excluding carboxylic acids is 1. The first-order valence-corrected chi connectivity index (χ1v) is 11.1. The number of amides is 1. The van der Waals surface area contributed by atoms with Gasteiger partial charge in [0, 0.05) is 31.7 Å². The van der Waals surface area contributed by atoms with E-state index in [4.69, 9.17) is 4.74 Å². The lowest BCUT2D eigenvalue weighted by Crippen LogP contribution is -2.39. The van der Waals surface area contributed by atoms with Crippen molar-refractivity contribution in [3.8, 4) is 0 Å². The zero-order valence-corrected chi connectivity index (χ0v) is 18.2. The Morgan fingerprint density at radius 1 is 1.23 bits per heavy atom. The minimum absolute atomic E-state index is 0.0855. The van der Waals surface area contributed by atoms with E-state index in [1.54, 1.807) is 11.0 Å². The number of hydrogen-bond donors (Lipinski definition) is 0. The van der Waals surface area contributed by atoms with Crippen molar-refractivity contribution < 1.29 is 13.9 Å². The molecule has 158 valence electrons. The fourth-order valence-electron chi connectivity index (χ4n) is 3.69. The maximum absolute atomic E-state index is 14.2. The SMILES string of the molecule is Cc1ccc(C)c(C(=O)N(CCCN2CCOCC2)c2nc3c(F)cccc3s2)c1. The van der Waals surface area contributed by atoms with Crippen molar-refractivity contribution in [2.24, 2.45) is 0 Å². The van der Waals surface area contributed by atoms with Crippen LogP contribution in [0.1, 0.15) is 27.9 Å². The van der Waals surface area contributed by atoms with Crippen LogP contribution in [-0.4, -0.2) is 55.2 Å². The second kappa shape index (κ2) is 9.20. The minimum atomic E-state index is -0.359. The highest BCUT2D eigenvalue weighted by Gasteiger charge is 2.23. The zero-order valence-electron chi connectivity index (χ0n) is 17.4. The second-order valence-corrected chi connectivity index (χ2v) is 8.67. The molecule has 2 heterocycles. The first-order valence-electron chi connectivity index (χ1n) is 10.3. The first kappa shape index (κ1) is 20.9. The van der Waals surface area contributed by atoms with Crippen LogP contribution in [-0.2, 0) is 4.74 Å². The number of para-hydroxylation sites is 1. The van der Waals surface area contributed by atoms with Crippen LogP contribution >= 0.6 is 11.3 Å². The van der Waals surface area contributed by atoms with E-state index in [-0.39, 0.29) is 11.7 Å². The summed E-state index contributed by atoms with van der Waals surface area (Å²) < 4.78 is 20.4. The summed E-state index contributed by atoms with van der Waals surface area (Å²) in [6.07, 6.45) is 0.814. The highest BCUT2D eigenvalue weighted by Crippen LogP contribution is 2.31. The van der Waals surface area contributed by atoms with Gasteiger partial charge >= 0.3 is 0 Å². The summed E-state index contributed by atoms with van der Waals surface area (Å²) >= 11 is 1.36. The molecular formula is C23H26FN3O2S. The van der Waals surface area contributed by atoms with Crippen LogP contribution in [0.3, 0.4) is 0 Å². The molecule has 1 saturated heterocycles. The molecule has 0 atom stereocenters. The van der Waals surface area contributed by atoms with Gasteiger partial charge in [-0.05, 0) is 44.0 Å². The van der Waals surface area contributed by atoms with E-state index in [0.29, 0.717) is 22.8 Å². The topological polar surface area (TPSA) is 45.7 Å². The molecule has 7 heteroatoms. The van der Waals surface area contributed by atoms with Gasteiger partial charge in [-0.1, -0.05) is 35.1 Å². The van der Waals surface area contributed by atoms with Gasteiger partial charge in [0.25, 0.3) is 5.91 Å². The summed E-state index contributed by atoms with van der Waals surface area (Å²) in [5.74, 6) is -0.444. The highest BCUT2D eigenvalue weighted by molar-refractivity contribution is 7.22. The number of benzene rings is 2. The quantitative estimate of drug-likeness (QED) is 0.584. The Morgan fingerprint density at radius 2 is 2.03 bits per heavy atom. The van der Waals surface area contributed by atoms with E-state index in [0.717, 1.165) is 55.1 Å². The van der Waals surface area contributed by atoms with E-state index in [1.807, 2.05) is 38.1 Å². The van der Waals surface area contributed by atoms with Gasteiger partial charge in [-0.3, -0.25) is 14.6 Å². The molecule has 0 unspecified atom stereocenters. The largest absolute Gasteiger partial charge is 0.379 e. The third-order valence-electron chi connectivity index (χ3n) is 5.42. The first-order chi connectivity index (χ1) is 14.5. The number of hydrogen-bond acceptors (Lipinski definition) is 5. The van der Waals surface area contributed by atoms with Gasteiger partial charge in [-0.15, -0.1) is 0 Å². The molecule has 30 heavy (non-hydrogen) atoms. The van der Waals surface area contributed by atoms with Crippen LogP contribution in [0.5, 0.6) is 0 Å². The van der Waals surface area contributed by atoms with Crippen LogP contribution in [0, 0.1) is 19.7 Å². The normalized spacial score (nSPS) is 14.9. The molecule has 2 aromatic carbocycles. The molecule has 1 aromatic heterocycles. The molecule has 1 aliphatic rings. The Labute approximate surface area is 180 Å². The number of fused-ring (bicyclic) bond motifs is 1. The number of anilines is 1. The number of aryl methyl sites for hydroxylation is 2. The molecule has 0 aliphatic carbocycles. The third-order valence-corrected chi connectivity index (χ3v) is 6.46. The lowest BCUT2D eigenvalue weighted by atomic mass is 10.0. The van der Waals surface area contributed by atoms with Crippen molar-refractivity contribution in [1.82, 2.24) is 9.88 Å². The minimum Gasteiger partial charge on any atom is -0.379 e. The molecule has 0 spiro atoms. The Bertz CT molecular complexity index is 1050. The van der Waals surface area contributed by atoms with E-state index >= 15 is 0 Å². The molecule has 1 aliphatic heterocycles. The third kappa shape index (κ3) is 4.53. The summed E-state index contributed by atoms with van der Waals surface area (Å²) in [5.41, 5.74) is 2.95. The predicted molar refractivity (Wildman–Crippen MR) is 119 cm³/mol. The number of rotatable bonds is 6. The summed E-state index contributed by atoms with van der Waals surface area (Å²) in [7, 11) is 0. The number of ether oxygens (including phenoxy) is 1. The number of morpholine rings is 1. The summed E-state index contributed by atoms with van der Waals surface area (Å²) in [4.78, 5) is 22.1. The average molecular weight is 428 g/mol. The lowest BCUT2D eigenvalue weighted by molar-refractivity contribution is 0.0376. The summed E-state index contributed by atoms with van der Waals surface area (Å²) in [6, 6.07) is 10.8. The van der Waals surface area contributed by atoms with Gasteiger partial charge in [0.2, 0.25) is 0 Å². The molecule has 1 fully saturated rings. The van der Waals surface area contributed by atoms with Crippen molar-refractivity contribution >= 4 is 32.6 Å². The van der Waals surface area contributed by atoms with Gasteiger partial charge in [0.05, 0.1) is 17.9 Å². The predicted octanol–water partition coefficient (Wildman–Crippen LogP) is 4.42. The number of halogens is 1. The Morgan fingerprint density at radius 3 is 2.80 bits per heavy atom. The van der Waals surface area contributed by atoms with Crippen molar-refractivity contribution in [3.63, 3.8) is 0 Å². The molecule has 0 radical (unpaired) electrons.